The molecule has 1 aromatic carbocycles. The van der Waals surface area contributed by atoms with Crippen molar-refractivity contribution in [3.8, 4) is 5.75 Å². The van der Waals surface area contributed by atoms with Gasteiger partial charge in [0.15, 0.2) is 0 Å². The molecule has 2 aromatic rings. The molecule has 17 heavy (non-hydrogen) atoms. The Hall–Kier alpha value is -1.94. The molecule has 1 heterocycles. The zero-order valence-electron chi connectivity index (χ0n) is 9.27. The van der Waals surface area contributed by atoms with Gasteiger partial charge in [0.2, 0.25) is 0 Å². The van der Waals surface area contributed by atoms with E-state index in [-0.39, 0.29) is 5.82 Å². The Morgan fingerprint density at radius 2 is 1.88 bits per heavy atom. The molecule has 0 bridgehead atoms. The fourth-order valence-corrected chi connectivity index (χ4v) is 1.35. The zero-order chi connectivity index (χ0) is 12.1. The number of halogens is 1. The van der Waals surface area contributed by atoms with Crippen LogP contribution in [-0.4, -0.2) is 4.98 Å². The van der Waals surface area contributed by atoms with Crippen molar-refractivity contribution in [2.45, 2.75) is 13.2 Å². The quantitative estimate of drug-likeness (QED) is 0.879. The lowest BCUT2D eigenvalue weighted by Crippen LogP contribution is -2.01. The summed E-state index contributed by atoms with van der Waals surface area (Å²) in [5.74, 6) is 0.346. The molecule has 0 amide bonds. The van der Waals surface area contributed by atoms with Gasteiger partial charge < -0.3 is 10.5 Å². The van der Waals surface area contributed by atoms with Crippen molar-refractivity contribution in [2.24, 2.45) is 5.73 Å². The van der Waals surface area contributed by atoms with Gasteiger partial charge in [-0.25, -0.2) is 4.39 Å². The van der Waals surface area contributed by atoms with Crippen molar-refractivity contribution in [3.63, 3.8) is 0 Å². The van der Waals surface area contributed by atoms with Gasteiger partial charge in [-0.3, -0.25) is 4.98 Å². The third-order valence-corrected chi connectivity index (χ3v) is 2.32. The van der Waals surface area contributed by atoms with Crippen molar-refractivity contribution in [1.82, 2.24) is 4.98 Å². The van der Waals surface area contributed by atoms with Crippen LogP contribution in [0.15, 0.2) is 42.6 Å². The first kappa shape index (κ1) is 11.5. The number of hydrogen-bond acceptors (Lipinski definition) is 3. The van der Waals surface area contributed by atoms with Gasteiger partial charge in [0.1, 0.15) is 18.2 Å². The van der Waals surface area contributed by atoms with Gasteiger partial charge in [0.25, 0.3) is 0 Å². The van der Waals surface area contributed by atoms with Gasteiger partial charge in [-0.05, 0) is 35.9 Å². The molecule has 2 rings (SSSR count). The van der Waals surface area contributed by atoms with Crippen LogP contribution in [0.3, 0.4) is 0 Å². The third kappa shape index (κ3) is 3.26. The maximum absolute atomic E-state index is 12.7. The molecular formula is C13H13FN2O. The van der Waals surface area contributed by atoms with Crippen LogP contribution in [0, 0.1) is 5.82 Å². The first-order valence-corrected chi connectivity index (χ1v) is 5.30. The molecule has 0 radical (unpaired) electrons. The van der Waals surface area contributed by atoms with Crippen molar-refractivity contribution < 1.29 is 9.13 Å². The summed E-state index contributed by atoms with van der Waals surface area (Å²) >= 11 is 0. The summed E-state index contributed by atoms with van der Waals surface area (Å²) in [6, 6.07) is 9.68. The van der Waals surface area contributed by atoms with Crippen LogP contribution < -0.4 is 10.5 Å². The van der Waals surface area contributed by atoms with Crippen LogP contribution >= 0.6 is 0 Å². The zero-order valence-corrected chi connectivity index (χ0v) is 9.27. The van der Waals surface area contributed by atoms with E-state index in [0.717, 1.165) is 11.3 Å². The van der Waals surface area contributed by atoms with Crippen LogP contribution in [0.25, 0.3) is 0 Å². The molecule has 0 aliphatic heterocycles. The van der Waals surface area contributed by atoms with E-state index in [2.05, 4.69) is 4.98 Å². The normalized spacial score (nSPS) is 10.2. The second-order valence-corrected chi connectivity index (χ2v) is 3.60. The highest BCUT2D eigenvalue weighted by atomic mass is 19.1. The first-order chi connectivity index (χ1) is 8.28. The largest absolute Gasteiger partial charge is 0.487 e. The van der Waals surface area contributed by atoms with Crippen molar-refractivity contribution in [3.05, 3.63) is 59.7 Å². The van der Waals surface area contributed by atoms with E-state index in [1.54, 1.807) is 18.3 Å². The van der Waals surface area contributed by atoms with Crippen LogP contribution in [0.4, 0.5) is 4.39 Å². The van der Waals surface area contributed by atoms with E-state index in [1.165, 1.54) is 12.1 Å². The molecule has 0 aliphatic carbocycles. The SMILES string of the molecule is NCc1ccc(COc2ccc(F)cc2)nc1. The summed E-state index contributed by atoms with van der Waals surface area (Å²) < 4.78 is 18.1. The highest BCUT2D eigenvalue weighted by molar-refractivity contribution is 5.22. The first-order valence-electron chi connectivity index (χ1n) is 5.30. The Bertz CT molecular complexity index is 468. The van der Waals surface area contributed by atoms with E-state index in [9.17, 15) is 4.39 Å². The van der Waals surface area contributed by atoms with Crippen molar-refractivity contribution in [2.75, 3.05) is 0 Å². The number of pyridine rings is 1. The number of nitrogens with two attached hydrogens (primary N) is 1. The lowest BCUT2D eigenvalue weighted by molar-refractivity contribution is 0.301. The van der Waals surface area contributed by atoms with Crippen LogP contribution in [0.5, 0.6) is 5.75 Å². The molecule has 2 N–H and O–H groups in total. The summed E-state index contributed by atoms with van der Waals surface area (Å²) in [5.41, 5.74) is 7.27. The Kier molecular flexibility index (Phi) is 3.67. The van der Waals surface area contributed by atoms with Gasteiger partial charge >= 0.3 is 0 Å². The number of ether oxygens (including phenoxy) is 1. The average Bonchev–Trinajstić information content (AvgIpc) is 2.39. The molecule has 3 nitrogen and oxygen atoms in total. The van der Waals surface area contributed by atoms with Gasteiger partial charge in [0.05, 0.1) is 5.69 Å². The van der Waals surface area contributed by atoms with Crippen molar-refractivity contribution >= 4 is 0 Å². The smallest absolute Gasteiger partial charge is 0.130 e. The summed E-state index contributed by atoms with van der Waals surface area (Å²) in [5, 5.41) is 0. The molecule has 0 unspecified atom stereocenters. The lowest BCUT2D eigenvalue weighted by Gasteiger charge is -2.05. The molecular weight excluding hydrogens is 219 g/mol. The molecule has 0 fully saturated rings. The monoisotopic (exact) mass is 232 g/mol. The fourth-order valence-electron chi connectivity index (χ4n) is 1.35. The van der Waals surface area contributed by atoms with Crippen LogP contribution in [0.2, 0.25) is 0 Å². The van der Waals surface area contributed by atoms with Gasteiger partial charge in [0, 0.05) is 12.7 Å². The van der Waals surface area contributed by atoms with E-state index in [1.807, 2.05) is 12.1 Å². The lowest BCUT2D eigenvalue weighted by atomic mass is 10.2. The van der Waals surface area contributed by atoms with E-state index < -0.39 is 0 Å². The van der Waals surface area contributed by atoms with E-state index in [0.29, 0.717) is 18.9 Å². The van der Waals surface area contributed by atoms with Crippen molar-refractivity contribution in [1.29, 1.82) is 0 Å². The summed E-state index contributed by atoms with van der Waals surface area (Å²) in [4.78, 5) is 4.20. The van der Waals surface area contributed by atoms with E-state index >= 15 is 0 Å². The number of nitrogens with zero attached hydrogens (tertiary/aromatic N) is 1. The maximum atomic E-state index is 12.7. The standard InChI is InChI=1S/C13H13FN2O/c14-11-2-5-13(6-3-11)17-9-12-4-1-10(7-15)8-16-12/h1-6,8H,7,9,15H2. The Morgan fingerprint density at radius 1 is 1.12 bits per heavy atom. The topological polar surface area (TPSA) is 48.1 Å². The molecule has 0 saturated carbocycles. The minimum Gasteiger partial charge on any atom is -0.487 e. The predicted octanol–water partition coefficient (Wildman–Crippen LogP) is 2.26. The Balaban J connectivity index is 1.95. The average molecular weight is 232 g/mol. The molecule has 0 aliphatic rings. The fraction of sp³-hybridized carbons (Fsp3) is 0.154. The predicted molar refractivity (Wildman–Crippen MR) is 62.9 cm³/mol. The second-order valence-electron chi connectivity index (χ2n) is 3.60. The minimum atomic E-state index is -0.275. The number of rotatable bonds is 4. The highest BCUT2D eigenvalue weighted by Crippen LogP contribution is 2.12. The minimum absolute atomic E-state index is 0.275. The molecule has 0 spiro atoms. The number of hydrogen-bond donors (Lipinski definition) is 1. The summed E-state index contributed by atoms with van der Waals surface area (Å²) in [7, 11) is 0. The number of benzene rings is 1. The van der Waals surface area contributed by atoms with Gasteiger partial charge in [-0.1, -0.05) is 6.07 Å². The number of aromatic nitrogens is 1. The van der Waals surface area contributed by atoms with Gasteiger partial charge in [-0.15, -0.1) is 0 Å². The highest BCUT2D eigenvalue weighted by Gasteiger charge is 1.98. The summed E-state index contributed by atoms with van der Waals surface area (Å²) in [6.45, 7) is 0.836. The molecule has 4 heteroatoms. The third-order valence-electron chi connectivity index (χ3n) is 2.32. The second kappa shape index (κ2) is 5.41. The van der Waals surface area contributed by atoms with Gasteiger partial charge in [-0.2, -0.15) is 0 Å². The maximum Gasteiger partial charge on any atom is 0.130 e. The molecule has 88 valence electrons. The Labute approximate surface area is 99.1 Å². The van der Waals surface area contributed by atoms with E-state index in [4.69, 9.17) is 10.5 Å². The molecule has 0 atom stereocenters. The summed E-state index contributed by atoms with van der Waals surface area (Å²) in [6.07, 6.45) is 1.73. The molecule has 0 saturated heterocycles. The van der Waals surface area contributed by atoms with Crippen LogP contribution in [-0.2, 0) is 13.2 Å². The van der Waals surface area contributed by atoms with Crippen LogP contribution in [0.1, 0.15) is 11.3 Å². The Morgan fingerprint density at radius 3 is 2.47 bits per heavy atom. The molecule has 1 aromatic heterocycles.